The van der Waals surface area contributed by atoms with Crippen molar-refractivity contribution in [3.63, 3.8) is 0 Å². The summed E-state index contributed by atoms with van der Waals surface area (Å²) in [5, 5.41) is 4.06. The molecule has 18 heavy (non-hydrogen) atoms. The van der Waals surface area contributed by atoms with E-state index in [1.54, 1.807) is 28.9 Å². The van der Waals surface area contributed by atoms with Gasteiger partial charge in [-0.05, 0) is 18.6 Å². The largest absolute Gasteiger partial charge is 0.382 e. The van der Waals surface area contributed by atoms with Gasteiger partial charge in [-0.1, -0.05) is 18.2 Å². The van der Waals surface area contributed by atoms with E-state index in [0.29, 0.717) is 24.6 Å². The zero-order chi connectivity index (χ0) is 12.8. The number of nitrogen functional groups attached to an aromatic ring is 1. The highest BCUT2D eigenvalue weighted by Crippen LogP contribution is 2.07. The van der Waals surface area contributed by atoms with Gasteiger partial charge in [-0.2, -0.15) is 5.10 Å². The number of aromatic nitrogens is 2. The molecule has 1 heterocycles. The summed E-state index contributed by atoms with van der Waals surface area (Å²) in [6, 6.07) is 8.38. The van der Waals surface area contributed by atoms with Gasteiger partial charge in [-0.15, -0.1) is 0 Å². The molecule has 0 aliphatic carbocycles. The van der Waals surface area contributed by atoms with Gasteiger partial charge in [0.15, 0.2) is 0 Å². The summed E-state index contributed by atoms with van der Waals surface area (Å²) >= 11 is 0. The van der Waals surface area contributed by atoms with Gasteiger partial charge in [-0.25, -0.2) is 4.39 Å². The zero-order valence-electron chi connectivity index (χ0n) is 10.1. The van der Waals surface area contributed by atoms with E-state index < -0.39 is 0 Å². The summed E-state index contributed by atoms with van der Waals surface area (Å²) in [5.41, 5.74) is 6.08. The molecule has 0 radical (unpaired) electrons. The Kier molecular flexibility index (Phi) is 4.30. The highest BCUT2D eigenvalue weighted by atomic mass is 19.1. The van der Waals surface area contributed by atoms with Gasteiger partial charge in [0.2, 0.25) is 0 Å². The fraction of sp³-hybridized carbons (Fsp3) is 0.308. The fourth-order valence-corrected chi connectivity index (χ4v) is 1.63. The minimum atomic E-state index is -0.225. The standard InChI is InChI=1S/C13H16FN3O/c14-12-5-2-1-4-11(12)10-18-9-3-7-17-8-6-13(15)16-17/h1-2,4-6,8H,3,7,9-10H2,(H2,15,16). The molecular weight excluding hydrogens is 233 g/mol. The van der Waals surface area contributed by atoms with Crippen molar-refractivity contribution in [1.82, 2.24) is 9.78 Å². The lowest BCUT2D eigenvalue weighted by atomic mass is 10.2. The first-order chi connectivity index (χ1) is 8.75. The number of nitrogens with zero attached hydrogens (tertiary/aromatic N) is 2. The summed E-state index contributed by atoms with van der Waals surface area (Å²) in [4.78, 5) is 0. The Morgan fingerprint density at radius 1 is 1.28 bits per heavy atom. The number of anilines is 1. The Labute approximate surface area is 105 Å². The van der Waals surface area contributed by atoms with E-state index in [2.05, 4.69) is 5.10 Å². The molecule has 0 unspecified atom stereocenters. The third kappa shape index (κ3) is 3.56. The summed E-state index contributed by atoms with van der Waals surface area (Å²) in [5.74, 6) is 0.291. The van der Waals surface area contributed by atoms with E-state index >= 15 is 0 Å². The van der Waals surface area contributed by atoms with Crippen molar-refractivity contribution >= 4 is 5.82 Å². The van der Waals surface area contributed by atoms with Crippen LogP contribution in [0.5, 0.6) is 0 Å². The summed E-state index contributed by atoms with van der Waals surface area (Å²) in [6.07, 6.45) is 2.64. The second-order valence-electron chi connectivity index (χ2n) is 4.00. The Balaban J connectivity index is 1.66. The number of hydrogen-bond acceptors (Lipinski definition) is 3. The Bertz CT molecular complexity index is 498. The first kappa shape index (κ1) is 12.6. The number of nitrogens with two attached hydrogens (primary N) is 1. The molecule has 0 fully saturated rings. The SMILES string of the molecule is Nc1ccn(CCCOCc2ccccc2F)n1. The molecule has 2 aromatic rings. The third-order valence-electron chi connectivity index (χ3n) is 2.55. The average molecular weight is 249 g/mol. The van der Waals surface area contributed by atoms with Crippen LogP contribution in [0.2, 0.25) is 0 Å². The Morgan fingerprint density at radius 3 is 2.83 bits per heavy atom. The Morgan fingerprint density at radius 2 is 2.11 bits per heavy atom. The van der Waals surface area contributed by atoms with Crippen molar-refractivity contribution in [3.05, 3.63) is 47.9 Å². The molecule has 2 N–H and O–H groups in total. The lowest BCUT2D eigenvalue weighted by molar-refractivity contribution is 0.112. The molecule has 96 valence electrons. The number of rotatable bonds is 6. The summed E-state index contributed by atoms with van der Waals surface area (Å²) < 4.78 is 20.4. The molecule has 1 aromatic heterocycles. The lowest BCUT2D eigenvalue weighted by Gasteiger charge is -2.05. The molecular formula is C13H16FN3O. The van der Waals surface area contributed by atoms with Crippen molar-refractivity contribution in [3.8, 4) is 0 Å². The molecule has 0 saturated heterocycles. The molecule has 0 spiro atoms. The summed E-state index contributed by atoms with van der Waals surface area (Å²) in [7, 11) is 0. The lowest BCUT2D eigenvalue weighted by Crippen LogP contribution is -2.04. The molecule has 5 heteroatoms. The second kappa shape index (κ2) is 6.16. The van der Waals surface area contributed by atoms with Crippen molar-refractivity contribution < 1.29 is 9.13 Å². The van der Waals surface area contributed by atoms with Crippen LogP contribution < -0.4 is 5.73 Å². The smallest absolute Gasteiger partial charge is 0.145 e. The van der Waals surface area contributed by atoms with E-state index in [9.17, 15) is 4.39 Å². The predicted molar refractivity (Wildman–Crippen MR) is 67.3 cm³/mol. The van der Waals surface area contributed by atoms with Crippen LogP contribution in [0, 0.1) is 5.82 Å². The molecule has 2 rings (SSSR count). The van der Waals surface area contributed by atoms with Crippen LogP contribution >= 0.6 is 0 Å². The number of halogens is 1. The molecule has 0 saturated carbocycles. The van der Waals surface area contributed by atoms with Gasteiger partial charge in [0.1, 0.15) is 11.6 Å². The quantitative estimate of drug-likeness (QED) is 0.798. The van der Waals surface area contributed by atoms with Gasteiger partial charge < -0.3 is 10.5 Å². The van der Waals surface area contributed by atoms with Crippen LogP contribution in [0.25, 0.3) is 0 Å². The molecule has 0 amide bonds. The van der Waals surface area contributed by atoms with E-state index in [0.717, 1.165) is 13.0 Å². The predicted octanol–water partition coefficient (Wildman–Crippen LogP) is 2.21. The van der Waals surface area contributed by atoms with E-state index in [-0.39, 0.29) is 5.82 Å². The molecule has 1 aromatic carbocycles. The minimum absolute atomic E-state index is 0.225. The van der Waals surface area contributed by atoms with Gasteiger partial charge in [0.25, 0.3) is 0 Å². The number of ether oxygens (including phenoxy) is 1. The fourth-order valence-electron chi connectivity index (χ4n) is 1.63. The molecule has 4 nitrogen and oxygen atoms in total. The molecule has 0 bridgehead atoms. The van der Waals surface area contributed by atoms with Gasteiger partial charge in [0, 0.05) is 24.9 Å². The average Bonchev–Trinajstić information content (AvgIpc) is 2.77. The molecule has 0 atom stereocenters. The number of benzene rings is 1. The first-order valence-electron chi connectivity index (χ1n) is 5.86. The van der Waals surface area contributed by atoms with Gasteiger partial charge in [0.05, 0.1) is 6.61 Å². The number of hydrogen-bond donors (Lipinski definition) is 1. The monoisotopic (exact) mass is 249 g/mol. The maximum absolute atomic E-state index is 13.3. The van der Waals surface area contributed by atoms with Crippen LogP contribution in [0.4, 0.5) is 10.2 Å². The van der Waals surface area contributed by atoms with Crippen molar-refractivity contribution in [1.29, 1.82) is 0 Å². The first-order valence-corrected chi connectivity index (χ1v) is 5.86. The van der Waals surface area contributed by atoms with Crippen molar-refractivity contribution in [2.75, 3.05) is 12.3 Å². The maximum atomic E-state index is 13.3. The van der Waals surface area contributed by atoms with Crippen LogP contribution in [0.3, 0.4) is 0 Å². The van der Waals surface area contributed by atoms with Crippen molar-refractivity contribution in [2.45, 2.75) is 19.6 Å². The van der Waals surface area contributed by atoms with E-state index in [1.165, 1.54) is 6.07 Å². The third-order valence-corrected chi connectivity index (χ3v) is 2.55. The minimum Gasteiger partial charge on any atom is -0.382 e. The maximum Gasteiger partial charge on any atom is 0.145 e. The van der Waals surface area contributed by atoms with Crippen LogP contribution in [0.15, 0.2) is 36.5 Å². The summed E-state index contributed by atoms with van der Waals surface area (Å²) in [6.45, 7) is 1.61. The highest BCUT2D eigenvalue weighted by Gasteiger charge is 2.00. The highest BCUT2D eigenvalue weighted by molar-refractivity contribution is 5.23. The van der Waals surface area contributed by atoms with E-state index in [1.807, 2.05) is 6.20 Å². The topological polar surface area (TPSA) is 53.1 Å². The Hall–Kier alpha value is -1.88. The van der Waals surface area contributed by atoms with E-state index in [4.69, 9.17) is 10.5 Å². The normalized spacial score (nSPS) is 10.7. The number of aryl methyl sites for hydroxylation is 1. The molecule has 0 aliphatic rings. The van der Waals surface area contributed by atoms with Gasteiger partial charge >= 0.3 is 0 Å². The van der Waals surface area contributed by atoms with Crippen LogP contribution in [0.1, 0.15) is 12.0 Å². The van der Waals surface area contributed by atoms with Crippen molar-refractivity contribution in [2.24, 2.45) is 0 Å². The zero-order valence-corrected chi connectivity index (χ0v) is 10.1. The van der Waals surface area contributed by atoms with Gasteiger partial charge in [-0.3, -0.25) is 4.68 Å². The second-order valence-corrected chi connectivity index (χ2v) is 4.00. The van der Waals surface area contributed by atoms with Crippen LogP contribution in [-0.4, -0.2) is 16.4 Å². The van der Waals surface area contributed by atoms with Crippen LogP contribution in [-0.2, 0) is 17.9 Å². The molecule has 0 aliphatic heterocycles.